The van der Waals surface area contributed by atoms with E-state index in [2.05, 4.69) is 38.2 Å². The Kier molecular flexibility index (Phi) is 28.4. The summed E-state index contributed by atoms with van der Waals surface area (Å²) in [4.78, 5) is 12.9. The Morgan fingerprint density at radius 3 is 1.70 bits per heavy atom. The molecule has 2 heterocycles. The normalized spacial score (nSPS) is 29.0. The van der Waals surface area contributed by atoms with Crippen molar-refractivity contribution in [3.63, 3.8) is 0 Å². The molecule has 0 saturated carbocycles. The highest BCUT2D eigenvalue weighted by atomic mass is 16.7. The lowest BCUT2D eigenvalue weighted by atomic mass is 9.98. The van der Waals surface area contributed by atoms with Crippen LogP contribution < -0.4 is 0 Å². The average molecular weight is 805 g/mol. The van der Waals surface area contributed by atoms with Gasteiger partial charge in [-0.2, -0.15) is 0 Å². The number of allylic oxidation sites excluding steroid dienone is 4. The molecule has 11 unspecified atom stereocenters. The number of rotatable bonds is 32. The van der Waals surface area contributed by atoms with E-state index in [1.807, 2.05) is 0 Å². The first-order valence-corrected chi connectivity index (χ1v) is 21.4. The lowest BCUT2D eigenvalue weighted by Gasteiger charge is -2.42. The van der Waals surface area contributed by atoms with Crippen LogP contribution in [0.1, 0.15) is 136 Å². The first-order valence-electron chi connectivity index (χ1n) is 21.4. The van der Waals surface area contributed by atoms with Gasteiger partial charge in [-0.3, -0.25) is 4.79 Å². The summed E-state index contributed by atoms with van der Waals surface area (Å²) in [6.07, 6.45) is 12.6. The molecule has 2 aliphatic rings. The molecule has 0 aliphatic carbocycles. The fourth-order valence-electron chi connectivity index (χ4n) is 6.56. The molecule has 7 N–H and O–H groups in total. The van der Waals surface area contributed by atoms with Crippen molar-refractivity contribution in [2.45, 2.75) is 203 Å². The van der Waals surface area contributed by atoms with Crippen molar-refractivity contribution >= 4 is 5.97 Å². The molecule has 0 aromatic rings. The zero-order valence-electron chi connectivity index (χ0n) is 34.1. The zero-order valence-corrected chi connectivity index (χ0v) is 34.1. The van der Waals surface area contributed by atoms with Gasteiger partial charge in [-0.05, 0) is 51.4 Å². The maximum atomic E-state index is 12.9. The van der Waals surface area contributed by atoms with Crippen molar-refractivity contribution in [1.29, 1.82) is 0 Å². The second-order valence-electron chi connectivity index (χ2n) is 15.2. The third kappa shape index (κ3) is 20.4. The van der Waals surface area contributed by atoms with E-state index >= 15 is 0 Å². The number of hydrogen-bond donors (Lipinski definition) is 7. The van der Waals surface area contributed by atoms with Crippen LogP contribution in [0.25, 0.3) is 0 Å². The minimum absolute atomic E-state index is 0.0549. The molecule has 2 fully saturated rings. The quantitative estimate of drug-likeness (QED) is 0.0290. The molecule has 328 valence electrons. The Labute approximate surface area is 335 Å². The number of unbranched alkanes of at least 4 members (excludes halogenated alkanes) is 14. The van der Waals surface area contributed by atoms with E-state index in [4.69, 9.17) is 28.4 Å². The monoisotopic (exact) mass is 805 g/mol. The zero-order chi connectivity index (χ0) is 41.0. The summed E-state index contributed by atoms with van der Waals surface area (Å²) in [7, 11) is 0. The Morgan fingerprint density at radius 2 is 1.09 bits per heavy atom. The third-order valence-corrected chi connectivity index (χ3v) is 10.2. The predicted octanol–water partition coefficient (Wildman–Crippen LogP) is 4.12. The van der Waals surface area contributed by atoms with Crippen molar-refractivity contribution in [1.82, 2.24) is 0 Å². The molecule has 2 rings (SSSR count). The molecule has 0 spiro atoms. The lowest BCUT2D eigenvalue weighted by molar-refractivity contribution is -0.332. The van der Waals surface area contributed by atoms with Crippen LogP contribution in [0.4, 0.5) is 0 Å². The highest BCUT2D eigenvalue weighted by molar-refractivity contribution is 5.69. The first-order chi connectivity index (χ1) is 27.1. The van der Waals surface area contributed by atoms with Crippen molar-refractivity contribution in [3.8, 4) is 0 Å². The van der Waals surface area contributed by atoms with Crippen LogP contribution in [-0.4, -0.2) is 142 Å². The second kappa shape index (κ2) is 31.4. The Morgan fingerprint density at radius 1 is 0.571 bits per heavy atom. The van der Waals surface area contributed by atoms with Gasteiger partial charge in [-0.25, -0.2) is 0 Å². The molecule has 0 bridgehead atoms. The van der Waals surface area contributed by atoms with Gasteiger partial charge in [0.2, 0.25) is 0 Å². The van der Waals surface area contributed by atoms with E-state index in [1.54, 1.807) is 0 Å². The standard InChI is InChI=1S/C42H76O14/c1-3-5-7-9-11-13-15-16-18-20-22-24-26-51-28-31(54-34(44)25-23-21-19-17-14-12-10-8-6-4-2)29-52-41-40(50)38(48)36(46)33(56-41)30-53-42-39(49)37(47)35(45)32(27-43)55-42/h8-11,31-33,35-43,45-50H,3-7,12-30H2,1-2H3/b10-8-,11-9-. The first kappa shape index (κ1) is 50.6. The van der Waals surface area contributed by atoms with Crippen molar-refractivity contribution in [3.05, 3.63) is 24.3 Å². The minimum Gasteiger partial charge on any atom is -0.457 e. The van der Waals surface area contributed by atoms with Gasteiger partial charge in [0.25, 0.3) is 0 Å². The van der Waals surface area contributed by atoms with Crippen LogP contribution in [0.2, 0.25) is 0 Å². The summed E-state index contributed by atoms with van der Waals surface area (Å²) in [5.41, 5.74) is 0. The van der Waals surface area contributed by atoms with Crippen LogP contribution in [-0.2, 0) is 33.2 Å². The number of aliphatic hydroxyl groups excluding tert-OH is 7. The average Bonchev–Trinajstić information content (AvgIpc) is 3.19. The maximum absolute atomic E-state index is 12.9. The molecule has 56 heavy (non-hydrogen) atoms. The van der Waals surface area contributed by atoms with E-state index in [1.165, 1.54) is 32.1 Å². The smallest absolute Gasteiger partial charge is 0.306 e. The summed E-state index contributed by atoms with van der Waals surface area (Å²) >= 11 is 0. The molecule has 0 aromatic carbocycles. The van der Waals surface area contributed by atoms with Crippen LogP contribution in [0.5, 0.6) is 0 Å². The van der Waals surface area contributed by atoms with E-state index in [0.29, 0.717) is 13.0 Å². The van der Waals surface area contributed by atoms with E-state index < -0.39 is 86.7 Å². The van der Waals surface area contributed by atoms with Gasteiger partial charge in [0, 0.05) is 13.0 Å². The molecule has 2 aliphatic heterocycles. The molecule has 0 amide bonds. The number of hydrogen-bond acceptors (Lipinski definition) is 14. The van der Waals surface area contributed by atoms with Gasteiger partial charge in [0.1, 0.15) is 54.9 Å². The Balaban J connectivity index is 1.85. The molecular formula is C42H76O14. The summed E-state index contributed by atoms with van der Waals surface area (Å²) in [6.45, 7) is 3.53. The molecule has 2 saturated heterocycles. The van der Waals surface area contributed by atoms with Gasteiger partial charge in [0.05, 0.1) is 26.4 Å². The summed E-state index contributed by atoms with van der Waals surface area (Å²) in [5.74, 6) is -0.392. The lowest BCUT2D eigenvalue weighted by Crippen LogP contribution is -2.61. The number of carbonyl (C=O) groups is 1. The number of ether oxygens (including phenoxy) is 6. The Bertz CT molecular complexity index is 1030. The highest BCUT2D eigenvalue weighted by Gasteiger charge is 2.47. The molecule has 0 radical (unpaired) electrons. The van der Waals surface area contributed by atoms with E-state index in [9.17, 15) is 40.5 Å². The van der Waals surface area contributed by atoms with Gasteiger partial charge < -0.3 is 64.2 Å². The van der Waals surface area contributed by atoms with Gasteiger partial charge >= 0.3 is 5.97 Å². The van der Waals surface area contributed by atoms with Crippen LogP contribution in [0.3, 0.4) is 0 Å². The van der Waals surface area contributed by atoms with Gasteiger partial charge in [0.15, 0.2) is 12.6 Å². The summed E-state index contributed by atoms with van der Waals surface area (Å²) < 4.78 is 34.0. The van der Waals surface area contributed by atoms with Crippen molar-refractivity contribution in [2.24, 2.45) is 0 Å². The van der Waals surface area contributed by atoms with Gasteiger partial charge in [-0.1, -0.05) is 102 Å². The molecule has 14 heteroatoms. The SMILES string of the molecule is CCC/C=C\CCCCCCCC(=O)OC(COCCCCCCCC/C=C\CCCC)COC1OC(COC2OC(CO)C(O)C(O)C2O)C(O)C(O)C1O. The number of carbonyl (C=O) groups excluding carboxylic acids is 1. The second-order valence-corrected chi connectivity index (χ2v) is 15.2. The predicted molar refractivity (Wildman–Crippen MR) is 210 cm³/mol. The van der Waals surface area contributed by atoms with Crippen LogP contribution in [0.15, 0.2) is 24.3 Å². The maximum Gasteiger partial charge on any atom is 0.306 e. The topological polar surface area (TPSA) is 214 Å². The van der Waals surface area contributed by atoms with E-state index in [0.717, 1.165) is 77.0 Å². The fraction of sp³-hybridized carbons (Fsp3) is 0.881. The highest BCUT2D eigenvalue weighted by Crippen LogP contribution is 2.26. The number of esters is 1. The van der Waals surface area contributed by atoms with Crippen LogP contribution >= 0.6 is 0 Å². The molecule has 11 atom stereocenters. The summed E-state index contributed by atoms with van der Waals surface area (Å²) in [6, 6.07) is 0. The van der Waals surface area contributed by atoms with Gasteiger partial charge in [-0.15, -0.1) is 0 Å². The summed E-state index contributed by atoms with van der Waals surface area (Å²) in [5, 5.41) is 71.7. The fourth-order valence-corrected chi connectivity index (χ4v) is 6.56. The minimum atomic E-state index is -1.70. The third-order valence-electron chi connectivity index (χ3n) is 10.2. The van der Waals surface area contributed by atoms with Crippen molar-refractivity contribution in [2.75, 3.05) is 33.0 Å². The number of aliphatic hydroxyl groups is 7. The Hall–Kier alpha value is -1.53. The largest absolute Gasteiger partial charge is 0.457 e. The van der Waals surface area contributed by atoms with E-state index in [-0.39, 0.29) is 19.6 Å². The molecular weight excluding hydrogens is 728 g/mol. The van der Waals surface area contributed by atoms with Crippen molar-refractivity contribution < 1.29 is 69.0 Å². The molecule has 0 aromatic heterocycles. The van der Waals surface area contributed by atoms with Crippen LogP contribution in [0, 0.1) is 0 Å². The molecule has 14 nitrogen and oxygen atoms in total.